The number of hydrogen-bond donors (Lipinski definition) is 5. The average molecular weight is 555 g/mol. The van der Waals surface area contributed by atoms with Crippen molar-refractivity contribution in [2.24, 2.45) is 0 Å². The Morgan fingerprint density at radius 3 is 2.27 bits per heavy atom. The quantitative estimate of drug-likeness (QED) is 0.137. The van der Waals surface area contributed by atoms with E-state index in [1.165, 1.54) is 13.1 Å². The highest BCUT2D eigenvalue weighted by molar-refractivity contribution is 6.01. The molecule has 5 N–H and O–H groups in total. The molecule has 1 unspecified atom stereocenters. The average Bonchev–Trinajstić information content (AvgIpc) is 2.98. The van der Waals surface area contributed by atoms with Crippen molar-refractivity contribution >= 4 is 35.8 Å². The fraction of sp³-hybridized carbons (Fsp3) is 0.393. The largest absolute Gasteiger partial charge is 0.468 e. The summed E-state index contributed by atoms with van der Waals surface area (Å²) >= 11 is 0. The normalized spacial score (nSPS) is 11.1. The summed E-state index contributed by atoms with van der Waals surface area (Å²) in [6.07, 6.45) is 0.571. The number of carbonyl (C=O) groups is 5. The van der Waals surface area contributed by atoms with E-state index in [1.54, 1.807) is 19.1 Å². The van der Waals surface area contributed by atoms with Gasteiger partial charge in [-0.25, -0.2) is 0 Å². The smallest absolute Gasteiger partial charge is 0.293 e. The fourth-order valence-corrected chi connectivity index (χ4v) is 3.60. The van der Waals surface area contributed by atoms with Crippen LogP contribution in [0.15, 0.2) is 48.5 Å². The first kappa shape index (κ1) is 31.8. The molecule has 0 heterocycles. The summed E-state index contributed by atoms with van der Waals surface area (Å²) in [5.41, 5.74) is 2.23. The van der Waals surface area contributed by atoms with E-state index in [9.17, 15) is 24.0 Å². The summed E-state index contributed by atoms with van der Waals surface area (Å²) in [6.45, 7) is 3.60. The Morgan fingerprint density at radius 2 is 1.62 bits per heavy atom. The molecule has 0 radical (unpaired) electrons. The third-order valence-corrected chi connectivity index (χ3v) is 5.96. The third-order valence-electron chi connectivity index (χ3n) is 5.96. The molecule has 0 spiro atoms. The van der Waals surface area contributed by atoms with Crippen molar-refractivity contribution in [2.75, 3.05) is 51.8 Å². The van der Waals surface area contributed by atoms with E-state index in [4.69, 9.17) is 4.74 Å². The molecule has 0 aliphatic rings. The minimum atomic E-state index is -0.568. The van der Waals surface area contributed by atoms with Crippen LogP contribution in [0.1, 0.15) is 39.6 Å². The number of nitrogens with zero attached hydrogens (tertiary/aromatic N) is 1. The lowest BCUT2D eigenvalue weighted by Gasteiger charge is -2.21. The van der Waals surface area contributed by atoms with Crippen LogP contribution in [0.3, 0.4) is 0 Å². The molecule has 12 nitrogen and oxygen atoms in total. The number of rotatable bonds is 17. The van der Waals surface area contributed by atoms with Crippen LogP contribution in [-0.4, -0.2) is 83.0 Å². The maximum absolute atomic E-state index is 13.0. The van der Waals surface area contributed by atoms with Crippen LogP contribution >= 0.6 is 0 Å². The molecule has 0 saturated carbocycles. The topological polar surface area (TPSA) is 158 Å². The van der Waals surface area contributed by atoms with Crippen LogP contribution in [0.4, 0.5) is 5.69 Å². The number of likely N-dealkylation sites (N-methyl/N-ethyl adjacent to an activating group) is 1. The second-order valence-corrected chi connectivity index (χ2v) is 9.00. The number of carbonyl (C=O) groups excluding carboxylic acids is 5. The number of ether oxygens (including phenoxy) is 1. The molecule has 4 amide bonds. The van der Waals surface area contributed by atoms with E-state index in [1.807, 2.05) is 42.3 Å². The van der Waals surface area contributed by atoms with Gasteiger partial charge in [-0.2, -0.15) is 0 Å². The molecule has 40 heavy (non-hydrogen) atoms. The molecule has 0 bridgehead atoms. The molecule has 1 atom stereocenters. The minimum Gasteiger partial charge on any atom is -0.468 e. The first-order valence-electron chi connectivity index (χ1n) is 13.0. The van der Waals surface area contributed by atoms with Gasteiger partial charge in [-0.05, 0) is 37.1 Å². The van der Waals surface area contributed by atoms with Crippen molar-refractivity contribution in [3.05, 3.63) is 65.2 Å². The van der Waals surface area contributed by atoms with Crippen molar-refractivity contribution in [1.29, 1.82) is 0 Å². The van der Waals surface area contributed by atoms with Crippen molar-refractivity contribution < 1.29 is 28.7 Å². The highest BCUT2D eigenvalue weighted by Gasteiger charge is 2.16. The monoisotopic (exact) mass is 554 g/mol. The van der Waals surface area contributed by atoms with Crippen molar-refractivity contribution in [3.63, 3.8) is 0 Å². The Kier molecular flexibility index (Phi) is 13.7. The number of benzene rings is 2. The Balaban J connectivity index is 2.03. The van der Waals surface area contributed by atoms with Gasteiger partial charge in [0, 0.05) is 57.1 Å². The lowest BCUT2D eigenvalue weighted by atomic mass is 10.1. The Labute approximate surface area is 234 Å². The zero-order valence-electron chi connectivity index (χ0n) is 23.1. The number of hydrogen-bond acceptors (Lipinski definition) is 8. The van der Waals surface area contributed by atoms with Crippen molar-refractivity contribution in [2.45, 2.75) is 25.9 Å². The van der Waals surface area contributed by atoms with E-state index in [2.05, 4.69) is 26.6 Å². The van der Waals surface area contributed by atoms with Gasteiger partial charge in [0.2, 0.25) is 11.8 Å². The standard InChI is InChI=1S/C28H38N6O6/c1-20(26(37)33-18-25(36)29-2)30-10-11-31-27(38)22-14-23(28(39)32-17-21-8-5-4-6-9-21)16-24(15-22)34(3)12-7-13-40-19-35/h4-6,8-9,14-16,19-20,30H,7,10-13,17-18H2,1-3H3,(H,29,36)(H,31,38)(H,32,39)(H,33,37). The molecule has 2 rings (SSSR count). The molecule has 12 heteroatoms. The molecule has 0 saturated heterocycles. The zero-order chi connectivity index (χ0) is 29.3. The van der Waals surface area contributed by atoms with E-state index in [0.717, 1.165) is 5.56 Å². The van der Waals surface area contributed by atoms with Gasteiger partial charge in [0.1, 0.15) is 0 Å². The second kappa shape index (κ2) is 17.2. The number of anilines is 1. The van der Waals surface area contributed by atoms with Crippen LogP contribution in [0.5, 0.6) is 0 Å². The number of nitrogens with one attached hydrogen (secondary N) is 5. The lowest BCUT2D eigenvalue weighted by Crippen LogP contribution is -2.47. The molecule has 0 aromatic heterocycles. The molecule has 2 aromatic carbocycles. The van der Waals surface area contributed by atoms with E-state index < -0.39 is 6.04 Å². The van der Waals surface area contributed by atoms with Gasteiger partial charge in [-0.3, -0.25) is 24.0 Å². The maximum atomic E-state index is 13.0. The predicted octanol–water partition coefficient (Wildman–Crippen LogP) is 0.186. The number of amides is 4. The molecule has 216 valence electrons. The molecular weight excluding hydrogens is 516 g/mol. The van der Waals surface area contributed by atoms with E-state index >= 15 is 0 Å². The van der Waals surface area contributed by atoms with Gasteiger partial charge >= 0.3 is 0 Å². The molecule has 0 aliphatic carbocycles. The maximum Gasteiger partial charge on any atom is 0.293 e. The highest BCUT2D eigenvalue weighted by atomic mass is 16.5. The van der Waals surface area contributed by atoms with E-state index in [0.29, 0.717) is 49.3 Å². The van der Waals surface area contributed by atoms with Gasteiger partial charge in [0.25, 0.3) is 18.3 Å². The summed E-state index contributed by atoms with van der Waals surface area (Å²) < 4.78 is 4.75. The Morgan fingerprint density at radius 1 is 0.950 bits per heavy atom. The molecule has 2 aromatic rings. The van der Waals surface area contributed by atoms with E-state index in [-0.39, 0.29) is 43.3 Å². The van der Waals surface area contributed by atoms with Crippen LogP contribution in [0, 0.1) is 0 Å². The third kappa shape index (κ3) is 11.1. The van der Waals surface area contributed by atoms with Crippen molar-refractivity contribution in [3.8, 4) is 0 Å². The SMILES string of the molecule is CNC(=O)CNC(=O)C(C)NCCNC(=O)c1cc(C(=O)NCc2ccccc2)cc(N(C)CCCOC=O)c1. The highest BCUT2D eigenvalue weighted by Crippen LogP contribution is 2.19. The van der Waals surface area contributed by atoms with Crippen LogP contribution in [0.25, 0.3) is 0 Å². The lowest BCUT2D eigenvalue weighted by molar-refractivity contribution is -0.128. The van der Waals surface area contributed by atoms with Crippen LogP contribution < -0.4 is 31.5 Å². The van der Waals surface area contributed by atoms with Gasteiger partial charge in [0.15, 0.2) is 0 Å². The summed E-state index contributed by atoms with van der Waals surface area (Å²) in [6, 6.07) is 13.8. The summed E-state index contributed by atoms with van der Waals surface area (Å²) in [7, 11) is 3.31. The summed E-state index contributed by atoms with van der Waals surface area (Å²) in [5.74, 6) is -1.34. The van der Waals surface area contributed by atoms with Gasteiger partial charge in [0.05, 0.1) is 19.2 Å². The molecule has 0 fully saturated rings. The Hall–Kier alpha value is -4.45. The zero-order valence-corrected chi connectivity index (χ0v) is 23.1. The summed E-state index contributed by atoms with van der Waals surface area (Å²) in [4.78, 5) is 61.6. The second-order valence-electron chi connectivity index (χ2n) is 9.00. The van der Waals surface area contributed by atoms with Crippen LogP contribution in [0.2, 0.25) is 0 Å². The van der Waals surface area contributed by atoms with Gasteiger partial charge < -0.3 is 36.2 Å². The van der Waals surface area contributed by atoms with Gasteiger partial charge in [-0.15, -0.1) is 0 Å². The molecular formula is C28H38N6O6. The Bertz CT molecular complexity index is 1140. The predicted molar refractivity (Wildman–Crippen MR) is 151 cm³/mol. The van der Waals surface area contributed by atoms with Crippen molar-refractivity contribution in [1.82, 2.24) is 26.6 Å². The minimum absolute atomic E-state index is 0.117. The first-order valence-corrected chi connectivity index (χ1v) is 13.0. The molecule has 0 aliphatic heterocycles. The van der Waals surface area contributed by atoms with Crippen LogP contribution in [-0.2, 0) is 25.7 Å². The summed E-state index contributed by atoms with van der Waals surface area (Å²) in [5, 5.41) is 13.6. The van der Waals surface area contributed by atoms with Gasteiger partial charge in [-0.1, -0.05) is 30.3 Å². The fourth-order valence-electron chi connectivity index (χ4n) is 3.60. The first-order chi connectivity index (χ1) is 19.2.